The summed E-state index contributed by atoms with van der Waals surface area (Å²) < 4.78 is 12.7. The largest absolute Gasteiger partial charge is 0.313 e. The van der Waals surface area contributed by atoms with Crippen molar-refractivity contribution in [3.63, 3.8) is 0 Å². The van der Waals surface area contributed by atoms with Gasteiger partial charge in [0.15, 0.2) is 0 Å². The van der Waals surface area contributed by atoms with Crippen LogP contribution < -0.4 is 5.32 Å². The van der Waals surface area contributed by atoms with Gasteiger partial charge in [0, 0.05) is 10.9 Å². The molecule has 0 radical (unpaired) electrons. The second kappa shape index (κ2) is 7.81. The van der Waals surface area contributed by atoms with Crippen molar-refractivity contribution in [3.05, 3.63) is 29.3 Å². The molecule has 0 aliphatic carbocycles. The van der Waals surface area contributed by atoms with E-state index in [0.29, 0.717) is 6.04 Å². The van der Waals surface area contributed by atoms with Gasteiger partial charge in [-0.2, -0.15) is 0 Å². The summed E-state index contributed by atoms with van der Waals surface area (Å²) in [7, 11) is -0.944. The van der Waals surface area contributed by atoms with Crippen LogP contribution in [0.5, 0.6) is 0 Å². The summed E-state index contributed by atoms with van der Waals surface area (Å²) in [5.74, 6) is 0. The van der Waals surface area contributed by atoms with Gasteiger partial charge in [-0.05, 0) is 51.8 Å². The molecule has 2 nitrogen and oxygen atoms in total. The van der Waals surface area contributed by atoms with Gasteiger partial charge in [0.1, 0.15) is 0 Å². The molecule has 1 rings (SSSR count). The van der Waals surface area contributed by atoms with Crippen LogP contribution >= 0.6 is 0 Å². The fourth-order valence-electron chi connectivity index (χ4n) is 2.35. The highest BCUT2D eigenvalue weighted by molar-refractivity contribution is 7.85. The van der Waals surface area contributed by atoms with E-state index in [9.17, 15) is 4.21 Å². The zero-order valence-electron chi connectivity index (χ0n) is 12.8. The Kier molecular flexibility index (Phi) is 6.73. The monoisotopic (exact) mass is 281 g/mol. The quantitative estimate of drug-likeness (QED) is 0.827. The molecule has 0 saturated carbocycles. The summed E-state index contributed by atoms with van der Waals surface area (Å²) in [5.41, 5.74) is 2.36. The molecule has 3 atom stereocenters. The Balaban J connectivity index is 2.85. The van der Waals surface area contributed by atoms with E-state index < -0.39 is 10.8 Å². The van der Waals surface area contributed by atoms with Gasteiger partial charge < -0.3 is 5.32 Å². The molecule has 0 saturated heterocycles. The Bertz CT molecular complexity index is 431. The highest BCUT2D eigenvalue weighted by atomic mass is 32.2. The standard InChI is InChI=1S/C16H27NOS/c1-6-10-17-15(7-2)14(5)19(18)16-9-8-12(3)11-13(16)4/h8-9,11,14-15,17H,6-7,10H2,1-5H3. The van der Waals surface area contributed by atoms with Crippen LogP contribution in [0, 0.1) is 13.8 Å². The molecule has 108 valence electrons. The van der Waals surface area contributed by atoms with Crippen molar-refractivity contribution >= 4 is 10.8 Å². The predicted molar refractivity (Wildman–Crippen MR) is 84.2 cm³/mol. The van der Waals surface area contributed by atoms with Crippen LogP contribution in [-0.4, -0.2) is 22.0 Å². The SMILES string of the molecule is CCCNC(CC)C(C)S(=O)c1ccc(C)cc1C. The number of benzene rings is 1. The minimum absolute atomic E-state index is 0.137. The molecule has 19 heavy (non-hydrogen) atoms. The lowest BCUT2D eigenvalue weighted by Crippen LogP contribution is -2.40. The maximum absolute atomic E-state index is 12.7. The molecule has 1 aromatic rings. The Hall–Kier alpha value is -0.670. The average Bonchev–Trinajstić information content (AvgIpc) is 2.38. The first-order valence-corrected chi connectivity index (χ1v) is 8.43. The minimum atomic E-state index is -0.944. The normalized spacial score (nSPS) is 16.1. The number of hydrogen-bond acceptors (Lipinski definition) is 2. The molecular formula is C16H27NOS. The summed E-state index contributed by atoms with van der Waals surface area (Å²) in [4.78, 5) is 0.981. The van der Waals surface area contributed by atoms with Gasteiger partial charge in [0.2, 0.25) is 0 Å². The summed E-state index contributed by atoms with van der Waals surface area (Å²) in [5, 5.41) is 3.64. The van der Waals surface area contributed by atoms with E-state index in [-0.39, 0.29) is 5.25 Å². The molecule has 0 amide bonds. The van der Waals surface area contributed by atoms with Crippen LogP contribution in [0.25, 0.3) is 0 Å². The first kappa shape index (κ1) is 16.4. The van der Waals surface area contributed by atoms with Crippen LogP contribution in [0.2, 0.25) is 0 Å². The lowest BCUT2D eigenvalue weighted by atomic mass is 10.1. The third-order valence-corrected chi connectivity index (χ3v) is 5.44. The molecule has 0 aromatic heterocycles. The van der Waals surface area contributed by atoms with Crippen LogP contribution in [0.4, 0.5) is 0 Å². The minimum Gasteiger partial charge on any atom is -0.313 e. The van der Waals surface area contributed by atoms with E-state index in [1.807, 2.05) is 19.1 Å². The van der Waals surface area contributed by atoms with E-state index in [4.69, 9.17) is 0 Å². The van der Waals surface area contributed by atoms with Gasteiger partial charge >= 0.3 is 0 Å². The fraction of sp³-hybridized carbons (Fsp3) is 0.625. The van der Waals surface area contributed by atoms with Crippen LogP contribution in [-0.2, 0) is 10.8 Å². The Labute approximate surface area is 120 Å². The number of aryl methyl sites for hydroxylation is 2. The van der Waals surface area contributed by atoms with Gasteiger partial charge in [-0.1, -0.05) is 31.5 Å². The third-order valence-electron chi connectivity index (χ3n) is 3.55. The van der Waals surface area contributed by atoms with E-state index >= 15 is 0 Å². The highest BCUT2D eigenvalue weighted by Gasteiger charge is 2.22. The van der Waals surface area contributed by atoms with Gasteiger partial charge in [-0.15, -0.1) is 0 Å². The average molecular weight is 281 g/mol. The molecule has 1 N–H and O–H groups in total. The zero-order valence-corrected chi connectivity index (χ0v) is 13.6. The second-order valence-electron chi connectivity index (χ2n) is 5.24. The van der Waals surface area contributed by atoms with Gasteiger partial charge in [0.05, 0.1) is 16.0 Å². The van der Waals surface area contributed by atoms with Gasteiger partial charge in [-0.3, -0.25) is 4.21 Å². The fourth-order valence-corrected chi connectivity index (χ4v) is 3.91. The molecule has 0 heterocycles. The van der Waals surface area contributed by atoms with Crippen molar-refractivity contribution < 1.29 is 4.21 Å². The van der Waals surface area contributed by atoms with E-state index in [1.165, 1.54) is 5.56 Å². The van der Waals surface area contributed by atoms with Gasteiger partial charge in [0.25, 0.3) is 0 Å². The highest BCUT2D eigenvalue weighted by Crippen LogP contribution is 2.20. The maximum atomic E-state index is 12.7. The summed E-state index contributed by atoms with van der Waals surface area (Å²) in [6.45, 7) is 11.5. The second-order valence-corrected chi connectivity index (χ2v) is 7.02. The Morgan fingerprint density at radius 1 is 1.26 bits per heavy atom. The molecule has 1 aromatic carbocycles. The first-order chi connectivity index (χ1) is 9.01. The number of nitrogens with one attached hydrogen (secondary N) is 1. The van der Waals surface area contributed by atoms with Gasteiger partial charge in [-0.25, -0.2) is 0 Å². The summed E-state index contributed by atoms with van der Waals surface area (Å²) in [6, 6.07) is 6.50. The smallest absolute Gasteiger partial charge is 0.0576 e. The van der Waals surface area contributed by atoms with Crippen LogP contribution in [0.15, 0.2) is 23.1 Å². The molecule has 0 fully saturated rings. The van der Waals surface area contributed by atoms with Crippen molar-refractivity contribution in [2.75, 3.05) is 6.54 Å². The van der Waals surface area contributed by atoms with E-state index in [2.05, 4.69) is 39.1 Å². The molecule has 0 aliphatic rings. The molecule has 3 unspecified atom stereocenters. The Morgan fingerprint density at radius 2 is 1.95 bits per heavy atom. The third kappa shape index (κ3) is 4.43. The number of rotatable bonds is 7. The first-order valence-electron chi connectivity index (χ1n) is 7.22. The van der Waals surface area contributed by atoms with Crippen molar-refractivity contribution in [3.8, 4) is 0 Å². The molecule has 0 spiro atoms. The van der Waals surface area contributed by atoms with E-state index in [0.717, 1.165) is 29.8 Å². The predicted octanol–water partition coefficient (Wildman–Crippen LogP) is 3.58. The molecule has 0 aliphatic heterocycles. The summed E-state index contributed by atoms with van der Waals surface area (Å²) in [6.07, 6.45) is 2.12. The maximum Gasteiger partial charge on any atom is 0.0576 e. The lowest BCUT2D eigenvalue weighted by Gasteiger charge is -2.24. The van der Waals surface area contributed by atoms with Crippen molar-refractivity contribution in [1.82, 2.24) is 5.32 Å². The van der Waals surface area contributed by atoms with Crippen molar-refractivity contribution in [2.24, 2.45) is 0 Å². The van der Waals surface area contributed by atoms with Crippen molar-refractivity contribution in [1.29, 1.82) is 0 Å². The Morgan fingerprint density at radius 3 is 2.47 bits per heavy atom. The van der Waals surface area contributed by atoms with E-state index in [1.54, 1.807) is 0 Å². The molecular weight excluding hydrogens is 254 g/mol. The topological polar surface area (TPSA) is 29.1 Å². The lowest BCUT2D eigenvalue weighted by molar-refractivity contribution is 0.486. The van der Waals surface area contributed by atoms with Crippen molar-refractivity contribution in [2.45, 2.75) is 63.6 Å². The number of hydrogen-bond donors (Lipinski definition) is 1. The molecule has 3 heteroatoms. The zero-order chi connectivity index (χ0) is 14.4. The molecule has 0 bridgehead atoms. The van der Waals surface area contributed by atoms with Crippen LogP contribution in [0.3, 0.4) is 0 Å². The van der Waals surface area contributed by atoms with Crippen LogP contribution in [0.1, 0.15) is 44.7 Å². The summed E-state index contributed by atoms with van der Waals surface area (Å²) >= 11 is 0.